The molecule has 0 saturated carbocycles. The van der Waals surface area contributed by atoms with Crippen LogP contribution in [0.5, 0.6) is 0 Å². The zero-order valence-corrected chi connectivity index (χ0v) is 11.7. The molecule has 1 rings (SSSR count). The van der Waals surface area contributed by atoms with Gasteiger partial charge in [0, 0.05) is 5.69 Å². The molecule has 4 nitrogen and oxygen atoms in total. The van der Waals surface area contributed by atoms with E-state index in [2.05, 4.69) is 4.72 Å². The number of hydrogen-bond donors (Lipinski definition) is 2. The van der Waals surface area contributed by atoms with E-state index >= 15 is 0 Å². The average molecular weight is 272 g/mol. The number of sulfonamides is 1. The second-order valence-electron chi connectivity index (χ2n) is 4.07. The first kappa shape index (κ1) is 13.9. The van der Waals surface area contributed by atoms with Crippen LogP contribution in [0.15, 0.2) is 18.2 Å². The molecule has 0 spiro atoms. The number of hydrogen-bond acceptors (Lipinski definition) is 3. The molecule has 0 heterocycles. The van der Waals surface area contributed by atoms with Gasteiger partial charge in [-0.05, 0) is 44.0 Å². The number of thiocarbonyl (C=S) groups is 1. The van der Waals surface area contributed by atoms with Crippen LogP contribution in [0.3, 0.4) is 0 Å². The summed E-state index contributed by atoms with van der Waals surface area (Å²) >= 11 is 4.69. The minimum absolute atomic E-state index is 0.0399. The van der Waals surface area contributed by atoms with E-state index in [0.717, 1.165) is 11.1 Å². The second kappa shape index (κ2) is 5.01. The molecule has 0 saturated heterocycles. The van der Waals surface area contributed by atoms with Crippen LogP contribution in [0.1, 0.15) is 18.1 Å². The Kier molecular flexibility index (Phi) is 4.11. The molecule has 0 aliphatic heterocycles. The highest BCUT2D eigenvalue weighted by molar-refractivity contribution is 7.95. The fraction of sp³-hybridized carbons (Fsp3) is 0.364. The van der Waals surface area contributed by atoms with Crippen LogP contribution < -0.4 is 10.5 Å². The van der Waals surface area contributed by atoms with E-state index in [1.54, 1.807) is 12.1 Å². The predicted molar refractivity (Wildman–Crippen MR) is 74.7 cm³/mol. The average Bonchev–Trinajstić information content (AvgIpc) is 2.13. The molecular weight excluding hydrogens is 256 g/mol. The van der Waals surface area contributed by atoms with Crippen LogP contribution in [-0.2, 0) is 10.0 Å². The van der Waals surface area contributed by atoms with Crippen molar-refractivity contribution in [2.24, 2.45) is 5.73 Å². The van der Waals surface area contributed by atoms with Crippen molar-refractivity contribution in [1.29, 1.82) is 0 Å². The lowest BCUT2D eigenvalue weighted by Gasteiger charge is -2.14. The number of nitrogens with one attached hydrogen (secondary N) is 1. The molecule has 0 amide bonds. The van der Waals surface area contributed by atoms with Gasteiger partial charge in [-0.2, -0.15) is 0 Å². The van der Waals surface area contributed by atoms with Crippen molar-refractivity contribution in [3.05, 3.63) is 29.3 Å². The minimum Gasteiger partial charge on any atom is -0.392 e. The molecular formula is C11H16N2O2S2. The third-order valence-electron chi connectivity index (χ3n) is 2.35. The second-order valence-corrected chi connectivity index (χ2v) is 6.54. The third-order valence-corrected chi connectivity index (χ3v) is 4.56. The summed E-state index contributed by atoms with van der Waals surface area (Å²) in [7, 11) is -3.56. The first-order chi connectivity index (χ1) is 7.72. The molecule has 0 aliphatic carbocycles. The SMILES string of the molecule is Cc1cc(C)cc(NS(=O)(=O)C(C)C(N)=S)c1. The maximum absolute atomic E-state index is 11.9. The summed E-state index contributed by atoms with van der Waals surface area (Å²) < 4.78 is 26.3. The number of rotatable bonds is 4. The Balaban J connectivity index is 3.02. The number of anilines is 1. The summed E-state index contributed by atoms with van der Waals surface area (Å²) in [6.07, 6.45) is 0. The Morgan fingerprint density at radius 3 is 2.18 bits per heavy atom. The molecule has 3 N–H and O–H groups in total. The lowest BCUT2D eigenvalue weighted by atomic mass is 10.1. The number of nitrogens with two attached hydrogens (primary N) is 1. The quantitative estimate of drug-likeness (QED) is 0.819. The molecule has 0 fully saturated rings. The topological polar surface area (TPSA) is 72.2 Å². The zero-order valence-electron chi connectivity index (χ0n) is 10.0. The first-order valence-electron chi connectivity index (χ1n) is 5.11. The van der Waals surface area contributed by atoms with Gasteiger partial charge in [-0.15, -0.1) is 0 Å². The van der Waals surface area contributed by atoms with E-state index in [1.165, 1.54) is 6.92 Å². The number of aryl methyl sites for hydroxylation is 2. The van der Waals surface area contributed by atoms with Crippen LogP contribution in [0, 0.1) is 13.8 Å². The molecule has 0 aliphatic rings. The number of benzene rings is 1. The molecule has 0 bridgehead atoms. The first-order valence-corrected chi connectivity index (χ1v) is 7.07. The smallest absolute Gasteiger partial charge is 0.241 e. The molecule has 1 atom stereocenters. The highest BCUT2D eigenvalue weighted by Gasteiger charge is 2.23. The van der Waals surface area contributed by atoms with Crippen molar-refractivity contribution in [3.63, 3.8) is 0 Å². The fourth-order valence-electron chi connectivity index (χ4n) is 1.44. The molecule has 0 radical (unpaired) electrons. The van der Waals surface area contributed by atoms with Gasteiger partial charge in [-0.3, -0.25) is 4.72 Å². The van der Waals surface area contributed by atoms with Crippen molar-refractivity contribution >= 4 is 32.9 Å². The summed E-state index contributed by atoms with van der Waals surface area (Å²) in [4.78, 5) is -0.0399. The summed E-state index contributed by atoms with van der Waals surface area (Å²) in [6, 6.07) is 5.49. The standard InChI is InChI=1S/C11H16N2O2S2/c1-7-4-8(2)6-10(5-7)13-17(14,15)9(3)11(12)16/h4-6,9,13H,1-3H3,(H2,12,16). The van der Waals surface area contributed by atoms with E-state index in [4.69, 9.17) is 18.0 Å². The Bertz CT molecular complexity index is 518. The maximum atomic E-state index is 11.9. The van der Waals surface area contributed by atoms with E-state index in [9.17, 15) is 8.42 Å². The van der Waals surface area contributed by atoms with E-state index in [0.29, 0.717) is 5.69 Å². The van der Waals surface area contributed by atoms with Crippen LogP contribution in [-0.4, -0.2) is 18.7 Å². The van der Waals surface area contributed by atoms with Gasteiger partial charge in [-0.25, -0.2) is 8.42 Å². The van der Waals surface area contributed by atoms with Gasteiger partial charge in [0.2, 0.25) is 10.0 Å². The molecule has 17 heavy (non-hydrogen) atoms. The van der Waals surface area contributed by atoms with E-state index < -0.39 is 15.3 Å². The van der Waals surface area contributed by atoms with Gasteiger partial charge in [0.05, 0.1) is 4.99 Å². The Hall–Kier alpha value is -1.14. The van der Waals surface area contributed by atoms with Crippen LogP contribution in [0.2, 0.25) is 0 Å². The van der Waals surface area contributed by atoms with Crippen LogP contribution in [0.4, 0.5) is 5.69 Å². The summed E-state index contributed by atoms with van der Waals surface area (Å²) in [5.41, 5.74) is 7.86. The van der Waals surface area contributed by atoms with Crippen molar-refractivity contribution in [3.8, 4) is 0 Å². The van der Waals surface area contributed by atoms with Crippen molar-refractivity contribution in [2.45, 2.75) is 26.0 Å². The van der Waals surface area contributed by atoms with Crippen molar-refractivity contribution in [1.82, 2.24) is 0 Å². The van der Waals surface area contributed by atoms with Gasteiger partial charge >= 0.3 is 0 Å². The third kappa shape index (κ3) is 3.67. The fourth-order valence-corrected chi connectivity index (χ4v) is 2.75. The maximum Gasteiger partial charge on any atom is 0.241 e. The highest BCUT2D eigenvalue weighted by Crippen LogP contribution is 2.16. The molecule has 1 aromatic rings. The van der Waals surface area contributed by atoms with E-state index in [-0.39, 0.29) is 4.99 Å². The lowest BCUT2D eigenvalue weighted by Crippen LogP contribution is -2.35. The Morgan fingerprint density at radius 1 is 1.29 bits per heavy atom. The molecule has 1 unspecified atom stereocenters. The minimum atomic E-state index is -3.56. The molecule has 1 aromatic carbocycles. The summed E-state index contributed by atoms with van der Waals surface area (Å²) in [5.74, 6) is 0. The Morgan fingerprint density at radius 2 is 1.76 bits per heavy atom. The van der Waals surface area contributed by atoms with Gasteiger partial charge < -0.3 is 5.73 Å². The van der Waals surface area contributed by atoms with Gasteiger partial charge in [0.15, 0.2) is 0 Å². The van der Waals surface area contributed by atoms with Gasteiger partial charge in [0.25, 0.3) is 0 Å². The van der Waals surface area contributed by atoms with Gasteiger partial charge in [0.1, 0.15) is 5.25 Å². The lowest BCUT2D eigenvalue weighted by molar-refractivity contribution is 0.598. The summed E-state index contributed by atoms with van der Waals surface area (Å²) in [5, 5.41) is -0.890. The van der Waals surface area contributed by atoms with Crippen molar-refractivity contribution < 1.29 is 8.42 Å². The van der Waals surface area contributed by atoms with E-state index in [1.807, 2.05) is 19.9 Å². The normalized spacial score (nSPS) is 13.1. The predicted octanol–water partition coefficient (Wildman–Crippen LogP) is 1.72. The zero-order chi connectivity index (χ0) is 13.2. The molecule has 6 heteroatoms. The monoisotopic (exact) mass is 272 g/mol. The molecule has 0 aromatic heterocycles. The van der Waals surface area contributed by atoms with Crippen LogP contribution >= 0.6 is 12.2 Å². The van der Waals surface area contributed by atoms with Gasteiger partial charge in [-0.1, -0.05) is 18.3 Å². The van der Waals surface area contributed by atoms with Crippen LogP contribution in [0.25, 0.3) is 0 Å². The molecule has 94 valence electrons. The largest absolute Gasteiger partial charge is 0.392 e. The highest BCUT2D eigenvalue weighted by atomic mass is 32.2. The van der Waals surface area contributed by atoms with Crippen molar-refractivity contribution in [2.75, 3.05) is 4.72 Å². The Labute approximate surface area is 107 Å². The summed E-state index contributed by atoms with van der Waals surface area (Å²) in [6.45, 7) is 5.27.